The minimum absolute atomic E-state index is 0.294. The first-order chi connectivity index (χ1) is 9.10. The fourth-order valence-corrected chi connectivity index (χ4v) is 1.95. The minimum Gasteiger partial charge on any atom is -0.465 e. The second-order valence-corrected chi connectivity index (χ2v) is 4.71. The highest BCUT2D eigenvalue weighted by atomic mass is 79.9. The first-order valence-electron chi connectivity index (χ1n) is 5.46. The van der Waals surface area contributed by atoms with Gasteiger partial charge >= 0.3 is 5.97 Å². The smallest absolute Gasteiger partial charge is 0.341 e. The number of rotatable bonds is 3. The molecule has 0 aliphatic rings. The van der Waals surface area contributed by atoms with Crippen molar-refractivity contribution in [3.63, 3.8) is 0 Å². The highest BCUT2D eigenvalue weighted by molar-refractivity contribution is 9.10. The number of hydrogen-bond acceptors (Lipinski definition) is 5. The van der Waals surface area contributed by atoms with Crippen LogP contribution >= 0.6 is 15.9 Å². The fraction of sp³-hybridized carbons (Fsp3) is 0.0769. The average Bonchev–Trinajstić information content (AvgIpc) is 2.40. The number of ether oxygens (including phenoxy) is 1. The number of carbonyl (C=O) groups is 1. The molecule has 0 bridgehead atoms. The quantitative estimate of drug-likeness (QED) is 0.850. The van der Waals surface area contributed by atoms with Gasteiger partial charge in [0.05, 0.1) is 19.0 Å². The molecule has 19 heavy (non-hydrogen) atoms. The van der Waals surface area contributed by atoms with Gasteiger partial charge in [0, 0.05) is 10.2 Å². The van der Waals surface area contributed by atoms with E-state index in [4.69, 9.17) is 10.5 Å². The van der Waals surface area contributed by atoms with Gasteiger partial charge in [0.1, 0.15) is 11.4 Å². The molecule has 1 aromatic heterocycles. The Labute approximate surface area is 118 Å². The van der Waals surface area contributed by atoms with Crippen molar-refractivity contribution in [2.24, 2.45) is 0 Å². The number of nitrogens with two attached hydrogens (primary N) is 1. The number of nitrogen functional groups attached to an aromatic ring is 1. The van der Waals surface area contributed by atoms with Crippen LogP contribution in [0.25, 0.3) is 0 Å². The van der Waals surface area contributed by atoms with Crippen molar-refractivity contribution >= 4 is 39.1 Å². The number of pyridine rings is 1. The van der Waals surface area contributed by atoms with E-state index < -0.39 is 5.97 Å². The van der Waals surface area contributed by atoms with E-state index >= 15 is 0 Å². The number of halogens is 1. The lowest BCUT2D eigenvalue weighted by Crippen LogP contribution is -2.08. The van der Waals surface area contributed by atoms with E-state index in [1.165, 1.54) is 19.4 Å². The number of hydrogen-bond donors (Lipinski definition) is 2. The molecular weight excluding hydrogens is 310 g/mol. The van der Waals surface area contributed by atoms with E-state index in [0.717, 1.165) is 10.2 Å². The topological polar surface area (TPSA) is 77.2 Å². The van der Waals surface area contributed by atoms with Crippen LogP contribution in [0, 0.1) is 0 Å². The van der Waals surface area contributed by atoms with E-state index in [9.17, 15) is 4.79 Å². The molecule has 3 N–H and O–H groups in total. The van der Waals surface area contributed by atoms with Crippen molar-refractivity contribution in [3.05, 3.63) is 46.6 Å². The van der Waals surface area contributed by atoms with Gasteiger partial charge < -0.3 is 15.8 Å². The van der Waals surface area contributed by atoms with E-state index in [1.807, 2.05) is 24.3 Å². The van der Waals surface area contributed by atoms with Gasteiger partial charge in [-0.25, -0.2) is 9.78 Å². The van der Waals surface area contributed by atoms with Crippen molar-refractivity contribution < 1.29 is 9.53 Å². The maximum absolute atomic E-state index is 11.7. The predicted molar refractivity (Wildman–Crippen MR) is 77.4 cm³/mol. The first kappa shape index (κ1) is 13.4. The van der Waals surface area contributed by atoms with E-state index in [-0.39, 0.29) is 0 Å². The molecule has 1 aromatic carbocycles. The molecule has 0 spiro atoms. The van der Waals surface area contributed by atoms with Crippen LogP contribution in [0.2, 0.25) is 0 Å². The van der Waals surface area contributed by atoms with Gasteiger partial charge in [0.2, 0.25) is 0 Å². The van der Waals surface area contributed by atoms with Crippen LogP contribution in [0.4, 0.5) is 17.2 Å². The van der Waals surface area contributed by atoms with Gasteiger partial charge in [-0.1, -0.05) is 22.0 Å². The minimum atomic E-state index is -0.489. The number of nitrogens with zero attached hydrogens (tertiary/aromatic N) is 1. The lowest BCUT2D eigenvalue weighted by Gasteiger charge is -2.10. The fourth-order valence-electron chi connectivity index (χ4n) is 1.55. The summed E-state index contributed by atoms with van der Waals surface area (Å²) in [6.45, 7) is 0. The van der Waals surface area contributed by atoms with E-state index in [0.29, 0.717) is 17.1 Å². The predicted octanol–water partition coefficient (Wildman–Crippen LogP) is 2.96. The number of methoxy groups -OCH3 is 1. The van der Waals surface area contributed by atoms with Gasteiger partial charge in [-0.2, -0.15) is 0 Å². The zero-order valence-electron chi connectivity index (χ0n) is 10.2. The normalized spacial score (nSPS) is 10.0. The molecule has 2 rings (SSSR count). The maximum Gasteiger partial charge on any atom is 0.341 e. The summed E-state index contributed by atoms with van der Waals surface area (Å²) in [5.74, 6) is -0.0866. The molecule has 0 atom stereocenters. The number of anilines is 3. The lowest BCUT2D eigenvalue weighted by molar-refractivity contribution is 0.0601. The van der Waals surface area contributed by atoms with Gasteiger partial charge in [-0.3, -0.25) is 0 Å². The molecule has 1 heterocycles. The third-order valence-corrected chi connectivity index (χ3v) is 2.89. The van der Waals surface area contributed by atoms with Crippen molar-refractivity contribution in [2.75, 3.05) is 18.2 Å². The van der Waals surface area contributed by atoms with Gasteiger partial charge in [0.25, 0.3) is 0 Å². The van der Waals surface area contributed by atoms with Crippen LogP contribution in [0.3, 0.4) is 0 Å². The second-order valence-electron chi connectivity index (χ2n) is 3.79. The van der Waals surface area contributed by atoms with E-state index in [2.05, 4.69) is 26.2 Å². The molecule has 5 nitrogen and oxygen atoms in total. The van der Waals surface area contributed by atoms with Gasteiger partial charge in [-0.15, -0.1) is 0 Å². The molecule has 0 aliphatic heterocycles. The molecule has 2 aromatic rings. The number of aromatic nitrogens is 1. The average molecular weight is 322 g/mol. The Kier molecular flexibility index (Phi) is 4.01. The Bertz CT molecular complexity index is 617. The van der Waals surface area contributed by atoms with Crippen molar-refractivity contribution in [2.45, 2.75) is 0 Å². The number of nitrogens with one attached hydrogen (secondary N) is 1. The molecule has 0 radical (unpaired) electrons. The number of esters is 1. The summed E-state index contributed by atoms with van der Waals surface area (Å²) in [6, 6.07) is 9.05. The highest BCUT2D eigenvalue weighted by Gasteiger charge is 2.14. The van der Waals surface area contributed by atoms with Crippen LogP contribution in [0.1, 0.15) is 10.4 Å². The summed E-state index contributed by atoms with van der Waals surface area (Å²) in [6.07, 6.45) is 1.48. The summed E-state index contributed by atoms with van der Waals surface area (Å²) < 4.78 is 5.63. The van der Waals surface area contributed by atoms with Gasteiger partial charge in [0.15, 0.2) is 0 Å². The van der Waals surface area contributed by atoms with Crippen LogP contribution in [0.5, 0.6) is 0 Å². The summed E-state index contributed by atoms with van der Waals surface area (Å²) in [5, 5.41) is 3.06. The third kappa shape index (κ3) is 3.23. The van der Waals surface area contributed by atoms with Crippen LogP contribution in [-0.2, 0) is 4.74 Å². The number of carbonyl (C=O) groups excluding carboxylic acids is 1. The first-order valence-corrected chi connectivity index (χ1v) is 6.26. The van der Waals surface area contributed by atoms with Crippen LogP contribution in [-0.4, -0.2) is 18.1 Å². The highest BCUT2D eigenvalue weighted by Crippen LogP contribution is 2.23. The Morgan fingerprint density at radius 3 is 2.89 bits per heavy atom. The summed E-state index contributed by atoms with van der Waals surface area (Å²) in [4.78, 5) is 15.8. The molecule has 98 valence electrons. The molecule has 0 unspecified atom stereocenters. The molecule has 6 heteroatoms. The van der Waals surface area contributed by atoms with Crippen molar-refractivity contribution in [1.29, 1.82) is 0 Å². The largest absolute Gasteiger partial charge is 0.465 e. The standard InChI is InChI=1S/C13H12BrN3O2/c1-19-13(18)11-6-9(15)7-16-12(11)17-10-4-2-3-8(14)5-10/h2-7H,15H2,1H3,(H,16,17). The molecule has 0 aliphatic carbocycles. The van der Waals surface area contributed by atoms with Crippen LogP contribution < -0.4 is 11.1 Å². The Morgan fingerprint density at radius 1 is 1.42 bits per heavy atom. The summed E-state index contributed by atoms with van der Waals surface area (Å²) in [5.41, 5.74) is 7.13. The maximum atomic E-state index is 11.7. The second kappa shape index (κ2) is 5.71. The molecule has 0 saturated heterocycles. The van der Waals surface area contributed by atoms with E-state index in [1.54, 1.807) is 0 Å². The lowest BCUT2D eigenvalue weighted by atomic mass is 10.2. The summed E-state index contributed by atoms with van der Waals surface area (Å²) >= 11 is 3.38. The number of benzene rings is 1. The Hall–Kier alpha value is -2.08. The Morgan fingerprint density at radius 2 is 2.21 bits per heavy atom. The molecule has 0 saturated carbocycles. The molecular formula is C13H12BrN3O2. The van der Waals surface area contributed by atoms with Crippen molar-refractivity contribution in [1.82, 2.24) is 4.98 Å². The summed E-state index contributed by atoms with van der Waals surface area (Å²) in [7, 11) is 1.31. The zero-order valence-corrected chi connectivity index (χ0v) is 11.8. The third-order valence-electron chi connectivity index (χ3n) is 2.40. The van der Waals surface area contributed by atoms with Gasteiger partial charge in [-0.05, 0) is 24.3 Å². The monoisotopic (exact) mass is 321 g/mol. The van der Waals surface area contributed by atoms with Crippen LogP contribution in [0.15, 0.2) is 41.0 Å². The molecule has 0 amide bonds. The SMILES string of the molecule is COC(=O)c1cc(N)cnc1Nc1cccc(Br)c1. The van der Waals surface area contributed by atoms with Crippen molar-refractivity contribution in [3.8, 4) is 0 Å². The zero-order chi connectivity index (χ0) is 13.8. The molecule has 0 fully saturated rings. The Balaban J connectivity index is 2.37.